The van der Waals surface area contributed by atoms with Crippen LogP contribution in [0.15, 0.2) is 53.4 Å². The maximum Gasteiger partial charge on any atom is 0.339 e. The number of likely N-dealkylation sites (tertiary alicyclic amines) is 1. The minimum Gasteiger partial charge on any atom is -0.450 e. The summed E-state index contributed by atoms with van der Waals surface area (Å²) in [7, 11) is -4.14. The van der Waals surface area contributed by atoms with Gasteiger partial charge in [-0.3, -0.25) is 4.79 Å². The summed E-state index contributed by atoms with van der Waals surface area (Å²) in [6, 6.07) is 12.2. The van der Waals surface area contributed by atoms with E-state index in [1.54, 1.807) is 12.1 Å². The molecular weight excluding hydrogens is 399 g/mol. The topological polar surface area (TPSA) is 92.8 Å². The summed E-state index contributed by atoms with van der Waals surface area (Å²) >= 11 is 0. The second kappa shape index (κ2) is 7.23. The fraction of sp³-hybridized carbons (Fsp3) is 0.300. The van der Waals surface area contributed by atoms with Crippen LogP contribution in [-0.2, 0) is 25.2 Å². The summed E-state index contributed by atoms with van der Waals surface area (Å²) in [5.74, 6) is -1.66. The predicted molar refractivity (Wildman–Crippen MR) is 101 cm³/mol. The molecule has 29 heavy (non-hydrogen) atoms. The Morgan fingerprint density at radius 1 is 1.10 bits per heavy atom. The first kappa shape index (κ1) is 19.5. The van der Waals surface area contributed by atoms with E-state index < -0.39 is 38.8 Å². The van der Waals surface area contributed by atoms with E-state index in [0.717, 1.165) is 17.7 Å². The van der Waals surface area contributed by atoms with Gasteiger partial charge in [0.15, 0.2) is 0 Å². The highest BCUT2D eigenvalue weighted by Gasteiger charge is 2.47. The van der Waals surface area contributed by atoms with Gasteiger partial charge >= 0.3 is 5.97 Å². The van der Waals surface area contributed by atoms with Crippen molar-refractivity contribution in [2.24, 2.45) is 0 Å². The average Bonchev–Trinajstić information content (AvgIpc) is 2.99. The van der Waals surface area contributed by atoms with E-state index in [1.165, 1.54) is 17.0 Å². The van der Waals surface area contributed by atoms with Gasteiger partial charge in [0.05, 0.1) is 12.1 Å². The highest BCUT2D eigenvalue weighted by Crippen LogP contribution is 2.43. The number of halogens is 1. The van der Waals surface area contributed by atoms with Gasteiger partial charge in [0.2, 0.25) is 15.9 Å². The van der Waals surface area contributed by atoms with Crippen LogP contribution in [0.2, 0.25) is 0 Å². The third-order valence-electron chi connectivity index (χ3n) is 5.39. The van der Waals surface area contributed by atoms with E-state index in [0.29, 0.717) is 31.5 Å². The summed E-state index contributed by atoms with van der Waals surface area (Å²) in [4.78, 5) is 25.6. The van der Waals surface area contributed by atoms with E-state index in [2.05, 4.69) is 4.72 Å². The third-order valence-corrected chi connectivity index (χ3v) is 6.82. The zero-order chi connectivity index (χ0) is 20.6. The molecule has 2 aliphatic heterocycles. The second-order valence-electron chi connectivity index (χ2n) is 7.07. The van der Waals surface area contributed by atoms with Gasteiger partial charge < -0.3 is 9.64 Å². The van der Waals surface area contributed by atoms with Gasteiger partial charge in [0, 0.05) is 31.5 Å². The molecule has 1 N–H and O–H groups in total. The Hall–Kier alpha value is -2.78. The smallest absolute Gasteiger partial charge is 0.339 e. The van der Waals surface area contributed by atoms with Crippen molar-refractivity contribution in [3.8, 4) is 0 Å². The van der Waals surface area contributed by atoms with Crippen molar-refractivity contribution in [1.29, 1.82) is 0 Å². The van der Waals surface area contributed by atoms with Crippen LogP contribution in [0.5, 0.6) is 0 Å². The fourth-order valence-electron chi connectivity index (χ4n) is 3.84. The maximum atomic E-state index is 13.7. The van der Waals surface area contributed by atoms with Gasteiger partial charge in [-0.05, 0) is 18.2 Å². The lowest BCUT2D eigenvalue weighted by Gasteiger charge is -2.38. The zero-order valence-corrected chi connectivity index (χ0v) is 16.2. The Labute approximate surface area is 167 Å². The standard InChI is InChI=1S/C20H19FN2O5S/c21-16-7-3-4-8-17(16)29(26,27)22-13-18(24)23-11-9-20(10-12-23)15-6-2-1-5-14(15)19(25)28-20/h1-8,22H,9-13H2. The Morgan fingerprint density at radius 3 is 2.48 bits per heavy atom. The SMILES string of the molecule is O=C1OC2(CCN(C(=O)CNS(=O)(=O)c3ccccc3F)CC2)c2ccccc21. The number of hydrogen-bond acceptors (Lipinski definition) is 5. The van der Waals surface area contributed by atoms with Crippen molar-refractivity contribution in [2.45, 2.75) is 23.3 Å². The molecule has 0 saturated carbocycles. The molecule has 0 aliphatic carbocycles. The molecule has 0 radical (unpaired) electrons. The number of benzene rings is 2. The number of rotatable bonds is 4. The van der Waals surface area contributed by atoms with Gasteiger partial charge in [-0.25, -0.2) is 22.3 Å². The van der Waals surface area contributed by atoms with Crippen LogP contribution in [0.1, 0.15) is 28.8 Å². The van der Waals surface area contributed by atoms with Crippen molar-refractivity contribution in [3.05, 3.63) is 65.5 Å². The number of sulfonamides is 1. The van der Waals surface area contributed by atoms with Crippen LogP contribution in [0.3, 0.4) is 0 Å². The Morgan fingerprint density at radius 2 is 1.76 bits per heavy atom. The number of nitrogens with zero attached hydrogens (tertiary/aromatic N) is 1. The molecule has 0 bridgehead atoms. The molecule has 0 atom stereocenters. The van der Waals surface area contributed by atoms with Crippen LogP contribution in [0.25, 0.3) is 0 Å². The summed E-state index contributed by atoms with van der Waals surface area (Å²) in [5, 5.41) is 0. The molecular formula is C20H19FN2O5S. The first-order valence-electron chi connectivity index (χ1n) is 9.17. The molecule has 152 valence electrons. The summed E-state index contributed by atoms with van der Waals surface area (Å²) < 4.78 is 46.0. The summed E-state index contributed by atoms with van der Waals surface area (Å²) in [5.41, 5.74) is 0.638. The van der Waals surface area contributed by atoms with Gasteiger partial charge in [-0.2, -0.15) is 0 Å². The molecule has 2 aromatic carbocycles. The minimum absolute atomic E-state index is 0.321. The number of carbonyl (C=O) groups excluding carboxylic acids is 2. The molecule has 1 spiro atoms. The molecule has 7 nitrogen and oxygen atoms in total. The van der Waals surface area contributed by atoms with Crippen molar-refractivity contribution < 1.29 is 27.1 Å². The second-order valence-corrected chi connectivity index (χ2v) is 8.80. The lowest BCUT2D eigenvalue weighted by Crippen LogP contribution is -2.48. The van der Waals surface area contributed by atoms with E-state index in [1.807, 2.05) is 12.1 Å². The number of amides is 1. The van der Waals surface area contributed by atoms with Gasteiger partial charge in [0.25, 0.3) is 0 Å². The summed E-state index contributed by atoms with van der Waals surface area (Å²) in [6.45, 7) is 0.170. The molecule has 0 aromatic heterocycles. The molecule has 1 saturated heterocycles. The first-order chi connectivity index (χ1) is 13.8. The number of piperidine rings is 1. The van der Waals surface area contributed by atoms with Crippen molar-refractivity contribution in [3.63, 3.8) is 0 Å². The normalized spacial score (nSPS) is 17.8. The van der Waals surface area contributed by atoms with E-state index in [-0.39, 0.29) is 5.97 Å². The van der Waals surface area contributed by atoms with Crippen molar-refractivity contribution in [2.75, 3.05) is 19.6 Å². The van der Waals surface area contributed by atoms with E-state index in [4.69, 9.17) is 4.74 Å². The number of nitrogens with one attached hydrogen (secondary N) is 1. The molecule has 2 aliphatic rings. The average molecular weight is 418 g/mol. The Balaban J connectivity index is 1.39. The molecule has 2 heterocycles. The maximum absolute atomic E-state index is 13.7. The van der Waals surface area contributed by atoms with Crippen LogP contribution in [-0.4, -0.2) is 44.8 Å². The number of carbonyl (C=O) groups is 2. The van der Waals surface area contributed by atoms with Crippen LogP contribution < -0.4 is 4.72 Å². The molecule has 9 heteroatoms. The molecule has 2 aromatic rings. The highest BCUT2D eigenvalue weighted by atomic mass is 32.2. The largest absolute Gasteiger partial charge is 0.450 e. The Kier molecular flexibility index (Phi) is 4.87. The number of fused-ring (bicyclic) bond motifs is 2. The van der Waals surface area contributed by atoms with Crippen LogP contribution >= 0.6 is 0 Å². The van der Waals surface area contributed by atoms with Crippen molar-refractivity contribution in [1.82, 2.24) is 9.62 Å². The number of hydrogen-bond donors (Lipinski definition) is 1. The molecule has 4 rings (SSSR count). The van der Waals surface area contributed by atoms with E-state index >= 15 is 0 Å². The number of esters is 1. The van der Waals surface area contributed by atoms with Crippen LogP contribution in [0, 0.1) is 5.82 Å². The van der Waals surface area contributed by atoms with Crippen molar-refractivity contribution >= 4 is 21.9 Å². The third kappa shape index (κ3) is 3.51. The lowest BCUT2D eigenvalue weighted by atomic mass is 9.84. The zero-order valence-electron chi connectivity index (χ0n) is 15.4. The lowest BCUT2D eigenvalue weighted by molar-refractivity contribution is -0.134. The van der Waals surface area contributed by atoms with E-state index in [9.17, 15) is 22.4 Å². The molecule has 1 fully saturated rings. The fourth-order valence-corrected chi connectivity index (χ4v) is 4.89. The quantitative estimate of drug-likeness (QED) is 0.765. The highest BCUT2D eigenvalue weighted by molar-refractivity contribution is 7.89. The van der Waals surface area contributed by atoms with Gasteiger partial charge in [0.1, 0.15) is 16.3 Å². The number of ether oxygens (including phenoxy) is 1. The first-order valence-corrected chi connectivity index (χ1v) is 10.7. The van der Waals surface area contributed by atoms with Crippen LogP contribution in [0.4, 0.5) is 4.39 Å². The monoisotopic (exact) mass is 418 g/mol. The minimum atomic E-state index is -4.14. The summed E-state index contributed by atoms with van der Waals surface area (Å²) in [6.07, 6.45) is 0.864. The molecule has 1 amide bonds. The van der Waals surface area contributed by atoms with Gasteiger partial charge in [-0.1, -0.05) is 30.3 Å². The molecule has 0 unspecified atom stereocenters. The Bertz CT molecular complexity index is 1080. The van der Waals surface area contributed by atoms with Gasteiger partial charge in [-0.15, -0.1) is 0 Å². The predicted octanol–water partition coefficient (Wildman–Crippen LogP) is 1.79.